The number of nitrogens with one attached hydrogen (secondary N) is 2. The van der Waals surface area contributed by atoms with Gasteiger partial charge in [-0.15, -0.1) is 0 Å². The van der Waals surface area contributed by atoms with Crippen LogP contribution in [0.3, 0.4) is 0 Å². The van der Waals surface area contributed by atoms with E-state index in [2.05, 4.69) is 10.0 Å². The van der Waals surface area contributed by atoms with Crippen LogP contribution in [0.25, 0.3) is 0 Å². The van der Waals surface area contributed by atoms with E-state index in [4.69, 9.17) is 0 Å². The molecule has 0 aliphatic carbocycles. The fourth-order valence-electron chi connectivity index (χ4n) is 2.24. The molecule has 2 N–H and O–H groups in total. The van der Waals surface area contributed by atoms with Gasteiger partial charge in [0, 0.05) is 18.7 Å². The van der Waals surface area contributed by atoms with Crippen molar-refractivity contribution in [1.29, 1.82) is 0 Å². The topological polar surface area (TPSA) is 75.3 Å². The average molecular weight is 364 g/mol. The van der Waals surface area contributed by atoms with Gasteiger partial charge in [0.05, 0.1) is 4.90 Å². The van der Waals surface area contributed by atoms with Gasteiger partial charge in [-0.05, 0) is 61.7 Å². The molecule has 7 heteroatoms. The van der Waals surface area contributed by atoms with Gasteiger partial charge >= 0.3 is 0 Å². The van der Waals surface area contributed by atoms with E-state index in [1.165, 1.54) is 12.1 Å². The Hall–Kier alpha value is -2.25. The van der Waals surface area contributed by atoms with Crippen LogP contribution in [0.1, 0.15) is 24.0 Å². The Balaban J connectivity index is 1.81. The molecule has 0 atom stereocenters. The van der Waals surface area contributed by atoms with Gasteiger partial charge in [0.2, 0.25) is 15.9 Å². The van der Waals surface area contributed by atoms with Crippen molar-refractivity contribution in [3.63, 3.8) is 0 Å². The summed E-state index contributed by atoms with van der Waals surface area (Å²) in [6.45, 7) is 3.98. The third kappa shape index (κ3) is 5.65. The number of anilines is 1. The van der Waals surface area contributed by atoms with E-state index in [0.29, 0.717) is 6.42 Å². The van der Waals surface area contributed by atoms with Crippen molar-refractivity contribution in [3.8, 4) is 0 Å². The molecule has 0 radical (unpaired) electrons. The lowest BCUT2D eigenvalue weighted by Gasteiger charge is -2.10. The highest BCUT2D eigenvalue weighted by Crippen LogP contribution is 2.16. The molecule has 1 amide bonds. The van der Waals surface area contributed by atoms with Gasteiger partial charge in [-0.3, -0.25) is 4.79 Å². The van der Waals surface area contributed by atoms with Crippen LogP contribution < -0.4 is 10.0 Å². The molecule has 0 heterocycles. The number of carbonyl (C=O) groups is 1. The SMILES string of the molecule is Cc1ccc(C)c(NC(=O)CCCNS(=O)(=O)c2ccc(F)cc2)c1. The van der Waals surface area contributed by atoms with Crippen LogP contribution >= 0.6 is 0 Å². The van der Waals surface area contributed by atoms with Crippen molar-refractivity contribution >= 4 is 21.6 Å². The van der Waals surface area contributed by atoms with Crippen LogP contribution in [0.4, 0.5) is 10.1 Å². The van der Waals surface area contributed by atoms with Crippen molar-refractivity contribution in [2.75, 3.05) is 11.9 Å². The van der Waals surface area contributed by atoms with Gasteiger partial charge in [-0.25, -0.2) is 17.5 Å². The van der Waals surface area contributed by atoms with E-state index >= 15 is 0 Å². The fourth-order valence-corrected chi connectivity index (χ4v) is 3.31. The molecule has 0 saturated carbocycles. The summed E-state index contributed by atoms with van der Waals surface area (Å²) in [6, 6.07) is 10.4. The second-order valence-electron chi connectivity index (χ2n) is 5.82. The molecule has 0 aliphatic rings. The Labute approximate surface area is 147 Å². The fraction of sp³-hybridized carbons (Fsp3) is 0.278. The van der Waals surface area contributed by atoms with E-state index in [1.807, 2.05) is 32.0 Å². The molecule has 0 saturated heterocycles. The first-order chi connectivity index (χ1) is 11.8. The summed E-state index contributed by atoms with van der Waals surface area (Å²) in [6.07, 6.45) is 0.552. The number of hydrogen-bond donors (Lipinski definition) is 2. The Bertz CT molecular complexity index is 849. The normalized spacial score (nSPS) is 11.3. The molecule has 0 fully saturated rings. The van der Waals surface area contributed by atoms with Crippen LogP contribution in [0.2, 0.25) is 0 Å². The second-order valence-corrected chi connectivity index (χ2v) is 7.59. The Kier molecular flexibility index (Phi) is 6.27. The molecule has 2 rings (SSSR count). The molecule has 0 unspecified atom stereocenters. The van der Waals surface area contributed by atoms with Crippen LogP contribution in [0, 0.1) is 19.7 Å². The third-order valence-corrected chi connectivity index (χ3v) is 5.14. The lowest BCUT2D eigenvalue weighted by atomic mass is 10.1. The number of rotatable bonds is 7. The minimum Gasteiger partial charge on any atom is -0.326 e. The predicted molar refractivity (Wildman–Crippen MR) is 95.4 cm³/mol. The zero-order chi connectivity index (χ0) is 18.4. The van der Waals surface area contributed by atoms with Crippen LogP contribution in [0.5, 0.6) is 0 Å². The zero-order valence-corrected chi connectivity index (χ0v) is 15.0. The average Bonchev–Trinajstić information content (AvgIpc) is 2.55. The molecule has 0 spiro atoms. The number of amides is 1. The van der Waals surface area contributed by atoms with Gasteiger partial charge in [0.25, 0.3) is 0 Å². The number of sulfonamides is 1. The lowest BCUT2D eigenvalue weighted by molar-refractivity contribution is -0.116. The molecule has 2 aromatic rings. The maximum atomic E-state index is 12.8. The van der Waals surface area contributed by atoms with Crippen molar-refractivity contribution in [3.05, 3.63) is 59.4 Å². The molecular formula is C18H21FN2O3S. The largest absolute Gasteiger partial charge is 0.326 e. The Morgan fingerprint density at radius 2 is 1.76 bits per heavy atom. The standard InChI is InChI=1S/C18H21FN2O3S/c1-13-5-6-14(2)17(12-13)21-18(22)4-3-11-20-25(23,24)16-9-7-15(19)8-10-16/h5-10,12,20H,3-4,11H2,1-2H3,(H,21,22). The monoisotopic (exact) mass is 364 g/mol. The van der Waals surface area contributed by atoms with Crippen LogP contribution in [-0.2, 0) is 14.8 Å². The molecule has 0 bridgehead atoms. The van der Waals surface area contributed by atoms with Gasteiger partial charge < -0.3 is 5.32 Å². The molecule has 25 heavy (non-hydrogen) atoms. The highest BCUT2D eigenvalue weighted by Gasteiger charge is 2.13. The van der Waals surface area contributed by atoms with Gasteiger partial charge in [0.15, 0.2) is 0 Å². The first kappa shape index (κ1) is 19.1. The summed E-state index contributed by atoms with van der Waals surface area (Å²) in [5.74, 6) is -0.670. The van der Waals surface area contributed by atoms with Crippen LogP contribution in [-0.4, -0.2) is 20.9 Å². The van der Waals surface area contributed by atoms with E-state index in [0.717, 1.165) is 28.9 Å². The summed E-state index contributed by atoms with van der Waals surface area (Å²) < 4.78 is 39.3. The highest BCUT2D eigenvalue weighted by atomic mass is 32.2. The first-order valence-electron chi connectivity index (χ1n) is 7.90. The number of benzene rings is 2. The van der Waals surface area contributed by atoms with E-state index < -0.39 is 15.8 Å². The summed E-state index contributed by atoms with van der Waals surface area (Å²) in [5, 5.41) is 2.83. The number of halogens is 1. The van der Waals surface area contributed by atoms with Gasteiger partial charge in [-0.2, -0.15) is 0 Å². The number of hydrogen-bond acceptors (Lipinski definition) is 3. The quantitative estimate of drug-likeness (QED) is 0.741. The molecule has 0 aromatic heterocycles. The summed E-state index contributed by atoms with van der Waals surface area (Å²) >= 11 is 0. The van der Waals surface area contributed by atoms with Crippen LogP contribution in [0.15, 0.2) is 47.4 Å². The lowest BCUT2D eigenvalue weighted by Crippen LogP contribution is -2.25. The summed E-state index contributed by atoms with van der Waals surface area (Å²) in [4.78, 5) is 12.0. The summed E-state index contributed by atoms with van der Waals surface area (Å²) in [5.41, 5.74) is 2.78. The third-order valence-electron chi connectivity index (χ3n) is 3.66. The number of aryl methyl sites for hydroxylation is 2. The minimum atomic E-state index is -3.69. The van der Waals surface area contributed by atoms with Gasteiger partial charge in [-0.1, -0.05) is 12.1 Å². The molecular weight excluding hydrogens is 343 g/mol. The zero-order valence-electron chi connectivity index (χ0n) is 14.2. The van der Waals surface area contributed by atoms with Crippen molar-refractivity contribution in [1.82, 2.24) is 4.72 Å². The van der Waals surface area contributed by atoms with Crippen molar-refractivity contribution in [2.24, 2.45) is 0 Å². The van der Waals surface area contributed by atoms with Crippen molar-refractivity contribution < 1.29 is 17.6 Å². The minimum absolute atomic E-state index is 0.00580. The highest BCUT2D eigenvalue weighted by molar-refractivity contribution is 7.89. The summed E-state index contributed by atoms with van der Waals surface area (Å²) in [7, 11) is -3.69. The molecule has 2 aromatic carbocycles. The second kappa shape index (κ2) is 8.22. The predicted octanol–water partition coefficient (Wildman–Crippen LogP) is 3.14. The van der Waals surface area contributed by atoms with Gasteiger partial charge in [0.1, 0.15) is 5.82 Å². The van der Waals surface area contributed by atoms with Crippen molar-refractivity contribution in [2.45, 2.75) is 31.6 Å². The molecule has 0 aliphatic heterocycles. The van der Waals surface area contributed by atoms with E-state index in [-0.39, 0.29) is 23.8 Å². The molecule has 134 valence electrons. The smallest absolute Gasteiger partial charge is 0.240 e. The number of carbonyl (C=O) groups excluding carboxylic acids is 1. The Morgan fingerprint density at radius 3 is 2.44 bits per heavy atom. The first-order valence-corrected chi connectivity index (χ1v) is 9.38. The maximum Gasteiger partial charge on any atom is 0.240 e. The Morgan fingerprint density at radius 1 is 1.08 bits per heavy atom. The van der Waals surface area contributed by atoms with E-state index in [1.54, 1.807) is 0 Å². The van der Waals surface area contributed by atoms with E-state index in [9.17, 15) is 17.6 Å². The molecule has 5 nitrogen and oxygen atoms in total. The maximum absolute atomic E-state index is 12.8.